The van der Waals surface area contributed by atoms with Gasteiger partial charge in [-0.3, -0.25) is 4.90 Å². The molecule has 2 aromatic rings. The first kappa shape index (κ1) is 16.2. The monoisotopic (exact) mass is 334 g/mol. The number of hydrogen-bond acceptors (Lipinski definition) is 4. The molecule has 0 aliphatic carbocycles. The lowest BCUT2D eigenvalue weighted by molar-refractivity contribution is 0.0736. The number of thiophene rings is 1. The molecular weight excluding hydrogens is 312 g/mol. The predicted molar refractivity (Wildman–Crippen MR) is 92.4 cm³/mol. The Kier molecular flexibility index (Phi) is 5.48. The molecule has 0 spiro atoms. The van der Waals surface area contributed by atoms with Gasteiger partial charge < -0.3 is 14.7 Å². The zero-order chi connectivity index (χ0) is 16.1. The van der Waals surface area contributed by atoms with Gasteiger partial charge in [0.05, 0.1) is 13.2 Å². The highest BCUT2D eigenvalue weighted by Crippen LogP contribution is 2.21. The van der Waals surface area contributed by atoms with Crippen LogP contribution in [0.5, 0.6) is 0 Å². The summed E-state index contributed by atoms with van der Waals surface area (Å²) in [7, 11) is 0. The van der Waals surface area contributed by atoms with E-state index in [-0.39, 0.29) is 0 Å². The minimum Gasteiger partial charge on any atom is -0.465 e. The highest BCUT2D eigenvalue weighted by atomic mass is 32.1. The Bertz CT molecular complexity index is 650. The molecule has 2 heterocycles. The van der Waals surface area contributed by atoms with Gasteiger partial charge in [0.1, 0.15) is 0 Å². The molecule has 1 N–H and O–H groups in total. The number of benzene rings is 1. The first-order chi connectivity index (χ1) is 11.2. The number of carboxylic acid groups (broad SMARTS) is 1. The van der Waals surface area contributed by atoms with E-state index in [9.17, 15) is 4.79 Å². The van der Waals surface area contributed by atoms with Crippen molar-refractivity contribution in [1.29, 1.82) is 0 Å². The van der Waals surface area contributed by atoms with E-state index < -0.39 is 6.09 Å². The largest absolute Gasteiger partial charge is 0.465 e. The van der Waals surface area contributed by atoms with Crippen molar-refractivity contribution in [2.45, 2.75) is 6.42 Å². The lowest BCUT2D eigenvalue weighted by atomic mass is 10.1. The summed E-state index contributed by atoms with van der Waals surface area (Å²) < 4.78 is 7.07. The average Bonchev–Trinajstić information content (AvgIpc) is 3.02. The SMILES string of the molecule is O=C(O)N1CCN(CCOCCc2ccc3sccc3c2)CC1. The summed E-state index contributed by atoms with van der Waals surface area (Å²) in [5, 5.41) is 12.3. The molecule has 0 saturated carbocycles. The van der Waals surface area contributed by atoms with Crippen LogP contribution in [0, 0.1) is 0 Å². The number of ether oxygens (including phenoxy) is 1. The van der Waals surface area contributed by atoms with Crippen LogP contribution in [-0.2, 0) is 11.2 Å². The van der Waals surface area contributed by atoms with Crippen molar-refractivity contribution in [2.24, 2.45) is 0 Å². The van der Waals surface area contributed by atoms with Crippen LogP contribution in [-0.4, -0.2) is 66.9 Å². The van der Waals surface area contributed by atoms with Crippen molar-refractivity contribution in [2.75, 3.05) is 45.9 Å². The molecule has 1 amide bonds. The van der Waals surface area contributed by atoms with E-state index in [2.05, 4.69) is 34.5 Å². The second-order valence-corrected chi connectivity index (χ2v) is 6.71. The smallest absolute Gasteiger partial charge is 0.407 e. The van der Waals surface area contributed by atoms with Crippen molar-refractivity contribution >= 4 is 27.5 Å². The molecule has 0 bridgehead atoms. The molecule has 1 aliphatic rings. The van der Waals surface area contributed by atoms with Crippen LogP contribution in [0.1, 0.15) is 5.56 Å². The standard InChI is InChI=1S/C17H22N2O3S/c20-17(21)19-7-5-18(6-8-19)9-11-22-10-3-14-1-2-16-15(13-14)4-12-23-16/h1-2,4,12-13H,3,5-11H2,(H,20,21). The van der Waals surface area contributed by atoms with Crippen molar-refractivity contribution < 1.29 is 14.6 Å². The van der Waals surface area contributed by atoms with Crippen LogP contribution in [0.3, 0.4) is 0 Å². The van der Waals surface area contributed by atoms with Crippen LogP contribution in [0.25, 0.3) is 10.1 Å². The third-order valence-electron chi connectivity index (χ3n) is 4.25. The highest BCUT2D eigenvalue weighted by Gasteiger charge is 2.19. The van der Waals surface area contributed by atoms with E-state index in [4.69, 9.17) is 9.84 Å². The summed E-state index contributed by atoms with van der Waals surface area (Å²) in [5.74, 6) is 0. The second kappa shape index (κ2) is 7.77. The molecule has 0 radical (unpaired) electrons. The summed E-state index contributed by atoms with van der Waals surface area (Å²) in [6, 6.07) is 8.74. The number of nitrogens with zero attached hydrogens (tertiary/aromatic N) is 2. The fourth-order valence-electron chi connectivity index (χ4n) is 2.82. The summed E-state index contributed by atoms with van der Waals surface area (Å²) in [5.41, 5.74) is 1.31. The lowest BCUT2D eigenvalue weighted by Gasteiger charge is -2.32. The van der Waals surface area contributed by atoms with E-state index in [1.54, 1.807) is 11.3 Å². The summed E-state index contributed by atoms with van der Waals surface area (Å²) in [4.78, 5) is 14.6. The fourth-order valence-corrected chi connectivity index (χ4v) is 3.59. The van der Waals surface area contributed by atoms with Gasteiger partial charge in [0.2, 0.25) is 0 Å². The number of carbonyl (C=O) groups is 1. The Morgan fingerprint density at radius 2 is 2.00 bits per heavy atom. The molecule has 1 fully saturated rings. The third kappa shape index (κ3) is 4.43. The van der Waals surface area contributed by atoms with Crippen molar-refractivity contribution in [3.8, 4) is 0 Å². The number of piperazine rings is 1. The molecular formula is C17H22N2O3S. The van der Waals surface area contributed by atoms with Crippen LogP contribution in [0.15, 0.2) is 29.6 Å². The van der Waals surface area contributed by atoms with Crippen LogP contribution in [0.4, 0.5) is 4.79 Å². The Labute approximate surface area is 140 Å². The molecule has 23 heavy (non-hydrogen) atoms. The Balaban J connectivity index is 1.32. The van der Waals surface area contributed by atoms with Gasteiger partial charge in [-0.05, 0) is 34.9 Å². The van der Waals surface area contributed by atoms with Gasteiger partial charge in [-0.2, -0.15) is 0 Å². The minimum atomic E-state index is -0.816. The fraction of sp³-hybridized carbons (Fsp3) is 0.471. The van der Waals surface area contributed by atoms with Gasteiger partial charge in [-0.15, -0.1) is 11.3 Å². The molecule has 0 unspecified atom stereocenters. The molecule has 5 nitrogen and oxygen atoms in total. The molecule has 0 atom stereocenters. The first-order valence-electron chi connectivity index (χ1n) is 7.96. The third-order valence-corrected chi connectivity index (χ3v) is 5.14. The summed E-state index contributed by atoms with van der Waals surface area (Å²) in [6.45, 7) is 5.08. The van der Waals surface area contributed by atoms with Gasteiger partial charge in [0.15, 0.2) is 0 Å². The number of amides is 1. The maximum Gasteiger partial charge on any atom is 0.407 e. The maximum absolute atomic E-state index is 10.8. The Morgan fingerprint density at radius 3 is 2.78 bits per heavy atom. The second-order valence-electron chi connectivity index (χ2n) is 5.77. The van der Waals surface area contributed by atoms with Gasteiger partial charge in [0.25, 0.3) is 0 Å². The van der Waals surface area contributed by atoms with Crippen LogP contribution in [0.2, 0.25) is 0 Å². The first-order valence-corrected chi connectivity index (χ1v) is 8.84. The van der Waals surface area contributed by atoms with Crippen LogP contribution < -0.4 is 0 Å². The lowest BCUT2D eigenvalue weighted by Crippen LogP contribution is -2.49. The van der Waals surface area contributed by atoms with Gasteiger partial charge in [-0.25, -0.2) is 4.79 Å². The topological polar surface area (TPSA) is 53.0 Å². The van der Waals surface area contributed by atoms with Crippen molar-refractivity contribution in [3.05, 3.63) is 35.2 Å². The highest BCUT2D eigenvalue weighted by molar-refractivity contribution is 7.17. The van der Waals surface area contributed by atoms with Crippen molar-refractivity contribution in [1.82, 2.24) is 9.80 Å². The predicted octanol–water partition coefficient (Wildman–Crippen LogP) is 2.76. The summed E-state index contributed by atoms with van der Waals surface area (Å²) >= 11 is 1.77. The van der Waals surface area contributed by atoms with E-state index in [1.165, 1.54) is 20.5 Å². The molecule has 1 saturated heterocycles. The maximum atomic E-state index is 10.8. The number of rotatable bonds is 6. The van der Waals surface area contributed by atoms with Crippen molar-refractivity contribution in [3.63, 3.8) is 0 Å². The zero-order valence-electron chi connectivity index (χ0n) is 13.1. The van der Waals surface area contributed by atoms with Gasteiger partial charge in [-0.1, -0.05) is 12.1 Å². The quantitative estimate of drug-likeness (QED) is 0.826. The average molecular weight is 334 g/mol. The molecule has 3 rings (SSSR count). The molecule has 1 aromatic heterocycles. The molecule has 1 aliphatic heterocycles. The van der Waals surface area contributed by atoms with E-state index >= 15 is 0 Å². The van der Waals surface area contributed by atoms with Gasteiger partial charge in [0, 0.05) is 37.4 Å². The normalized spacial score (nSPS) is 16.1. The van der Waals surface area contributed by atoms with Crippen LogP contribution >= 0.6 is 11.3 Å². The molecule has 6 heteroatoms. The minimum absolute atomic E-state index is 0.593. The Morgan fingerprint density at radius 1 is 1.17 bits per heavy atom. The zero-order valence-corrected chi connectivity index (χ0v) is 13.9. The van der Waals surface area contributed by atoms with E-state index in [1.807, 2.05) is 0 Å². The molecule has 124 valence electrons. The summed E-state index contributed by atoms with van der Waals surface area (Å²) in [6.07, 6.45) is 0.113. The van der Waals surface area contributed by atoms with E-state index in [0.29, 0.717) is 19.7 Å². The number of hydrogen-bond donors (Lipinski definition) is 1. The number of fused-ring (bicyclic) bond motifs is 1. The van der Waals surface area contributed by atoms with E-state index in [0.717, 1.165) is 32.7 Å². The Hall–Kier alpha value is -1.63. The van der Waals surface area contributed by atoms with Gasteiger partial charge >= 0.3 is 6.09 Å². The molecule has 1 aromatic carbocycles.